The molecule has 1 saturated carbocycles. The molecule has 45 heavy (non-hydrogen) atoms. The fourth-order valence-corrected chi connectivity index (χ4v) is 8.71. The molecule has 238 valence electrons. The Morgan fingerprint density at radius 1 is 1.04 bits per heavy atom. The van der Waals surface area contributed by atoms with Gasteiger partial charge in [-0.3, -0.25) is 9.69 Å². The third-order valence-corrected chi connectivity index (χ3v) is 10.9. The van der Waals surface area contributed by atoms with Gasteiger partial charge in [0.15, 0.2) is 11.5 Å². The number of amides is 1. The molecule has 7 rings (SSSR count). The van der Waals surface area contributed by atoms with Gasteiger partial charge in [-0.2, -0.15) is 13.2 Å². The van der Waals surface area contributed by atoms with Crippen LogP contribution in [0.2, 0.25) is 0 Å². The van der Waals surface area contributed by atoms with E-state index in [-0.39, 0.29) is 36.3 Å². The number of hydrogen-bond donors (Lipinski definition) is 3. The fraction of sp³-hybridized carbons (Fsp3) is 0.457. The van der Waals surface area contributed by atoms with Crippen LogP contribution in [-0.4, -0.2) is 81.1 Å². The number of aryl methyl sites for hydroxylation is 1. The number of likely N-dealkylation sites (tertiary alicyclic amines) is 1. The molecule has 0 aromatic heterocycles. The molecular weight excluding hydrogens is 585 g/mol. The lowest BCUT2D eigenvalue weighted by Gasteiger charge is -2.66. The van der Waals surface area contributed by atoms with Gasteiger partial charge in [0.25, 0.3) is 0 Å². The first kappa shape index (κ1) is 30.1. The van der Waals surface area contributed by atoms with Crippen molar-refractivity contribution >= 4 is 5.91 Å². The van der Waals surface area contributed by atoms with Crippen LogP contribution < -0.4 is 4.74 Å². The molecule has 6 atom stereocenters. The Bertz CT molecular complexity index is 1600. The Morgan fingerprint density at radius 2 is 1.76 bits per heavy atom. The van der Waals surface area contributed by atoms with Gasteiger partial charge in [0.1, 0.15) is 6.10 Å². The standard InChI is InChI=1S/C35H37F3N2O5/c1-39(29(43)14-9-22-7-11-24(12-8-22)35(36,37)38)25-15-17-33(44)27-19-23-10-13-26(41)31-30(23)34(33,32(25)45-31)28(42)20-40(27)18-16-21-5-3-2-4-6-21/h2-8,10-13,25,27-28,32,41-42,44H,9,14-20H2,1H3/t25?,27-,28?,32?,33-,34+/m1/s1. The van der Waals surface area contributed by atoms with Crippen LogP contribution in [0.3, 0.4) is 0 Å². The molecule has 3 aromatic rings. The van der Waals surface area contributed by atoms with E-state index in [4.69, 9.17) is 4.74 Å². The second-order valence-corrected chi connectivity index (χ2v) is 13.1. The molecule has 0 radical (unpaired) electrons. The maximum Gasteiger partial charge on any atom is 0.416 e. The van der Waals surface area contributed by atoms with Crippen molar-refractivity contribution in [1.82, 2.24) is 9.80 Å². The van der Waals surface area contributed by atoms with Crippen molar-refractivity contribution in [3.63, 3.8) is 0 Å². The van der Waals surface area contributed by atoms with Crippen molar-refractivity contribution in [3.8, 4) is 11.5 Å². The zero-order chi connectivity index (χ0) is 31.7. The Morgan fingerprint density at radius 3 is 2.47 bits per heavy atom. The molecular formula is C35H37F3N2O5. The van der Waals surface area contributed by atoms with E-state index in [2.05, 4.69) is 17.0 Å². The number of hydrogen-bond acceptors (Lipinski definition) is 6. The van der Waals surface area contributed by atoms with E-state index in [9.17, 15) is 33.3 Å². The first-order chi connectivity index (χ1) is 21.4. The van der Waals surface area contributed by atoms with Gasteiger partial charge in [0.05, 0.1) is 28.7 Å². The summed E-state index contributed by atoms with van der Waals surface area (Å²) in [6.07, 6.45) is -3.86. The first-order valence-corrected chi connectivity index (χ1v) is 15.6. The van der Waals surface area contributed by atoms with Crippen molar-refractivity contribution < 1.29 is 38.0 Å². The lowest BCUT2D eigenvalue weighted by atomic mass is 9.47. The molecule has 2 aliphatic heterocycles. The van der Waals surface area contributed by atoms with Gasteiger partial charge in [-0.15, -0.1) is 0 Å². The van der Waals surface area contributed by atoms with Crippen LogP contribution in [0.25, 0.3) is 0 Å². The third-order valence-electron chi connectivity index (χ3n) is 10.9. The van der Waals surface area contributed by atoms with E-state index in [1.165, 1.54) is 17.7 Å². The average molecular weight is 623 g/mol. The zero-order valence-corrected chi connectivity index (χ0v) is 25.0. The minimum absolute atomic E-state index is 0.0629. The number of likely N-dealkylation sites (N-methyl/N-ethyl adjacent to an activating group) is 1. The Kier molecular flexibility index (Phi) is 7.18. The van der Waals surface area contributed by atoms with Crippen LogP contribution in [0.15, 0.2) is 66.7 Å². The highest BCUT2D eigenvalue weighted by atomic mass is 19.4. The zero-order valence-electron chi connectivity index (χ0n) is 25.0. The number of halogens is 3. The molecule has 1 spiro atoms. The molecule has 3 aromatic carbocycles. The molecule has 3 N–H and O–H groups in total. The van der Waals surface area contributed by atoms with E-state index in [1.807, 2.05) is 24.3 Å². The van der Waals surface area contributed by atoms with Gasteiger partial charge >= 0.3 is 6.18 Å². The van der Waals surface area contributed by atoms with Gasteiger partial charge in [-0.05, 0) is 67.0 Å². The average Bonchev–Trinajstić information content (AvgIpc) is 3.40. The highest BCUT2D eigenvalue weighted by molar-refractivity contribution is 5.77. The summed E-state index contributed by atoms with van der Waals surface area (Å²) in [6.45, 7) is 0.966. The normalized spacial score (nSPS) is 30.0. The number of piperidine rings is 1. The van der Waals surface area contributed by atoms with E-state index in [1.54, 1.807) is 18.0 Å². The topological polar surface area (TPSA) is 93.5 Å². The number of aromatic hydroxyl groups is 1. The second-order valence-electron chi connectivity index (χ2n) is 13.1. The van der Waals surface area contributed by atoms with Gasteiger partial charge in [-0.1, -0.05) is 48.5 Å². The summed E-state index contributed by atoms with van der Waals surface area (Å²) in [5, 5.41) is 35.8. The van der Waals surface area contributed by atoms with Crippen LogP contribution >= 0.6 is 0 Å². The van der Waals surface area contributed by atoms with Crippen molar-refractivity contribution in [2.24, 2.45) is 0 Å². The highest BCUT2D eigenvalue weighted by Gasteiger charge is 2.76. The van der Waals surface area contributed by atoms with Crippen molar-refractivity contribution in [2.45, 2.75) is 80.0 Å². The smallest absolute Gasteiger partial charge is 0.416 e. The summed E-state index contributed by atoms with van der Waals surface area (Å²) in [4.78, 5) is 17.3. The number of aliphatic hydroxyl groups is 2. The van der Waals surface area contributed by atoms with Crippen molar-refractivity contribution in [3.05, 3.63) is 94.5 Å². The number of phenolic OH excluding ortho intramolecular Hbond substituents is 1. The van der Waals surface area contributed by atoms with Crippen LogP contribution in [-0.2, 0) is 35.6 Å². The predicted octanol–water partition coefficient (Wildman–Crippen LogP) is 4.24. The fourth-order valence-electron chi connectivity index (χ4n) is 8.71. The lowest BCUT2D eigenvalue weighted by Crippen LogP contribution is -2.82. The summed E-state index contributed by atoms with van der Waals surface area (Å²) in [7, 11) is 1.68. The Balaban J connectivity index is 1.17. The summed E-state index contributed by atoms with van der Waals surface area (Å²) in [5.41, 5.74) is 0.0159. The summed E-state index contributed by atoms with van der Waals surface area (Å²) in [5.74, 6) is -0.0105. The van der Waals surface area contributed by atoms with Crippen molar-refractivity contribution in [2.75, 3.05) is 20.1 Å². The van der Waals surface area contributed by atoms with Crippen LogP contribution in [0.5, 0.6) is 11.5 Å². The molecule has 2 fully saturated rings. The minimum atomic E-state index is -4.43. The van der Waals surface area contributed by atoms with Gasteiger partial charge < -0.3 is 25.0 Å². The molecule has 7 nitrogen and oxygen atoms in total. The van der Waals surface area contributed by atoms with E-state index >= 15 is 0 Å². The van der Waals surface area contributed by atoms with Gasteiger partial charge in [0.2, 0.25) is 5.91 Å². The molecule has 2 aliphatic carbocycles. The van der Waals surface area contributed by atoms with Gasteiger partial charge in [-0.25, -0.2) is 0 Å². The number of carbonyl (C=O) groups is 1. The largest absolute Gasteiger partial charge is 0.504 e. The SMILES string of the molecule is CN(C(=O)CCc1ccc(C(F)(F)F)cc1)C1CC[C@@]2(O)[C@H]3Cc4ccc(O)c5c4[C@@]2(C(O)CN3CCc2ccccc2)C1O5. The number of aliphatic hydroxyl groups excluding tert-OH is 1. The molecule has 2 heterocycles. The number of phenols is 1. The number of carbonyl (C=O) groups excluding carboxylic acids is 1. The maximum absolute atomic E-state index is 13.5. The van der Waals surface area contributed by atoms with Crippen LogP contribution in [0.4, 0.5) is 13.2 Å². The first-order valence-electron chi connectivity index (χ1n) is 15.6. The summed E-state index contributed by atoms with van der Waals surface area (Å²) < 4.78 is 45.5. The molecule has 10 heteroatoms. The summed E-state index contributed by atoms with van der Waals surface area (Å²) >= 11 is 0. The molecule has 2 bridgehead atoms. The minimum Gasteiger partial charge on any atom is -0.504 e. The number of alkyl halides is 3. The molecule has 1 amide bonds. The highest BCUT2D eigenvalue weighted by Crippen LogP contribution is 2.65. The number of rotatable bonds is 7. The molecule has 4 aliphatic rings. The van der Waals surface area contributed by atoms with E-state index in [0.717, 1.165) is 24.1 Å². The second kappa shape index (κ2) is 10.7. The number of nitrogens with zero attached hydrogens (tertiary/aromatic N) is 2. The quantitative estimate of drug-likeness (QED) is 0.365. The maximum atomic E-state index is 13.5. The van der Waals surface area contributed by atoms with Gasteiger partial charge in [0, 0.05) is 38.2 Å². The molecule has 3 unspecified atom stereocenters. The molecule has 1 saturated heterocycles. The summed E-state index contributed by atoms with van der Waals surface area (Å²) in [6, 6.07) is 17.6. The Hall–Kier alpha value is -3.60. The number of ether oxygens (including phenoxy) is 1. The van der Waals surface area contributed by atoms with Crippen molar-refractivity contribution in [1.29, 1.82) is 0 Å². The number of β-amino-alcohol motifs (C(OH)–C–C–N with tert-alkyl or cyclic N) is 1. The van der Waals surface area contributed by atoms with Crippen LogP contribution in [0.1, 0.15) is 47.1 Å². The third kappa shape index (κ3) is 4.55. The van der Waals surface area contributed by atoms with E-state index < -0.39 is 41.0 Å². The monoisotopic (exact) mass is 622 g/mol. The lowest BCUT2D eigenvalue weighted by molar-refractivity contribution is -0.236. The van der Waals surface area contributed by atoms with Crippen LogP contribution in [0, 0.1) is 0 Å². The predicted molar refractivity (Wildman–Crippen MR) is 160 cm³/mol. The Labute approximate surface area is 259 Å². The number of benzene rings is 3. The van der Waals surface area contributed by atoms with E-state index in [0.29, 0.717) is 43.5 Å².